The van der Waals surface area contributed by atoms with Crippen LogP contribution < -0.4 is 16.6 Å². The molecule has 9 heteroatoms. The molecule has 0 radical (unpaired) electrons. The number of fused-ring (bicyclic) bond motifs is 1. The fraction of sp³-hybridized carbons (Fsp3) is 0.100. The Hall–Kier alpha value is -2.72. The number of nitrogens with zero attached hydrogens (tertiary/aromatic N) is 4. The van der Waals surface area contributed by atoms with Gasteiger partial charge in [-0.2, -0.15) is 0 Å². The predicted octanol–water partition coefficient (Wildman–Crippen LogP) is 4.19. The van der Waals surface area contributed by atoms with Gasteiger partial charge in [0.2, 0.25) is 0 Å². The first-order valence-electron chi connectivity index (χ1n) is 8.76. The molecule has 0 saturated heterocycles. The monoisotopic (exact) mass is 518 g/mol. The average Bonchev–Trinajstić information content (AvgIpc) is 2.71. The lowest BCUT2D eigenvalue weighted by Crippen LogP contribution is -2.27. The summed E-state index contributed by atoms with van der Waals surface area (Å²) in [4.78, 5) is 26.4. The van der Waals surface area contributed by atoms with Gasteiger partial charge >= 0.3 is 0 Å². The molecule has 3 N–H and O–H groups in total. The predicted molar refractivity (Wildman–Crippen MR) is 124 cm³/mol. The van der Waals surface area contributed by atoms with Crippen LogP contribution in [0.25, 0.3) is 16.6 Å². The van der Waals surface area contributed by atoms with E-state index in [0.29, 0.717) is 42.6 Å². The average molecular weight is 519 g/mol. The Balaban J connectivity index is 1.93. The number of hydrogen-bond acceptors (Lipinski definition) is 6. The number of rotatable bonds is 4. The molecule has 7 nitrogen and oxygen atoms in total. The Labute approximate surface area is 185 Å². The highest BCUT2D eigenvalue weighted by atomic mass is 127. The number of benzene rings is 2. The number of halogens is 2. The molecule has 2 aromatic carbocycles. The third-order valence-electron chi connectivity index (χ3n) is 4.44. The molecule has 0 spiro atoms. The van der Waals surface area contributed by atoms with Crippen molar-refractivity contribution in [1.29, 1.82) is 0 Å². The molecule has 0 bridgehead atoms. The highest BCUT2D eigenvalue weighted by molar-refractivity contribution is 14.1. The zero-order valence-electron chi connectivity index (χ0n) is 15.3. The summed E-state index contributed by atoms with van der Waals surface area (Å²) in [5.74, 6) is 1.49. The van der Waals surface area contributed by atoms with Gasteiger partial charge in [0.05, 0.1) is 31.2 Å². The Bertz CT molecular complexity index is 1260. The van der Waals surface area contributed by atoms with E-state index in [1.807, 2.05) is 37.3 Å². The van der Waals surface area contributed by atoms with Crippen LogP contribution in [0.15, 0.2) is 59.7 Å². The minimum Gasteiger partial charge on any atom is -0.383 e. The van der Waals surface area contributed by atoms with Crippen LogP contribution in [0, 0.1) is 3.57 Å². The van der Waals surface area contributed by atoms with Crippen LogP contribution in [-0.2, 0) is 0 Å². The fourth-order valence-electron chi connectivity index (χ4n) is 3.08. The summed E-state index contributed by atoms with van der Waals surface area (Å²) in [7, 11) is 0. The van der Waals surface area contributed by atoms with Crippen LogP contribution in [0.3, 0.4) is 0 Å². The fourth-order valence-corrected chi connectivity index (χ4v) is 3.76. The van der Waals surface area contributed by atoms with E-state index < -0.39 is 0 Å². The molecule has 2 heterocycles. The third kappa shape index (κ3) is 3.65. The molecule has 146 valence electrons. The summed E-state index contributed by atoms with van der Waals surface area (Å²) in [6.07, 6.45) is 1.39. The first kappa shape index (κ1) is 19.6. The molecule has 0 unspecified atom stereocenters. The molecule has 0 amide bonds. The van der Waals surface area contributed by atoms with E-state index in [2.05, 4.69) is 37.9 Å². The highest BCUT2D eigenvalue weighted by Gasteiger charge is 2.20. The van der Waals surface area contributed by atoms with Crippen LogP contribution in [0.5, 0.6) is 0 Å². The van der Waals surface area contributed by atoms with Gasteiger partial charge in [-0.3, -0.25) is 9.36 Å². The SMILES string of the molecule is C[C@H](Nc1ncnc(N)c1I)c1nc2cccc(Cl)c2c(=O)n1-c1ccccc1. The van der Waals surface area contributed by atoms with Crippen LogP contribution >= 0.6 is 34.2 Å². The Morgan fingerprint density at radius 1 is 1.14 bits per heavy atom. The summed E-state index contributed by atoms with van der Waals surface area (Å²) in [5, 5.41) is 4.04. The Morgan fingerprint density at radius 3 is 2.66 bits per heavy atom. The van der Waals surface area contributed by atoms with Crippen LogP contribution in [0.4, 0.5) is 11.6 Å². The molecule has 4 rings (SSSR count). The zero-order valence-corrected chi connectivity index (χ0v) is 18.2. The van der Waals surface area contributed by atoms with Crippen LogP contribution in [0.1, 0.15) is 18.8 Å². The molecule has 29 heavy (non-hydrogen) atoms. The number of nitrogen functional groups attached to an aromatic ring is 1. The lowest BCUT2D eigenvalue weighted by atomic mass is 10.2. The highest BCUT2D eigenvalue weighted by Crippen LogP contribution is 2.26. The number of hydrogen-bond donors (Lipinski definition) is 2. The third-order valence-corrected chi connectivity index (χ3v) is 5.82. The van der Waals surface area contributed by atoms with E-state index in [9.17, 15) is 4.79 Å². The standard InChI is InChI=1S/C20H16ClIN6O/c1-11(26-18-16(22)17(23)24-10-25-18)19-27-14-9-5-8-13(21)15(14)20(29)28(19)12-6-3-2-4-7-12/h2-11H,1H3,(H3,23,24,25,26)/t11-/m0/s1. The maximum atomic E-state index is 13.4. The topological polar surface area (TPSA) is 98.7 Å². The number of anilines is 2. The van der Waals surface area contributed by atoms with Crippen LogP contribution in [-0.4, -0.2) is 19.5 Å². The summed E-state index contributed by atoms with van der Waals surface area (Å²) < 4.78 is 2.28. The second-order valence-corrected chi connectivity index (χ2v) is 7.85. The molecule has 0 aliphatic rings. The van der Waals surface area contributed by atoms with Gasteiger partial charge in [-0.25, -0.2) is 15.0 Å². The van der Waals surface area contributed by atoms with Crippen molar-refractivity contribution in [3.05, 3.63) is 79.6 Å². The number of para-hydroxylation sites is 1. The van der Waals surface area contributed by atoms with Crippen molar-refractivity contribution in [2.24, 2.45) is 0 Å². The normalized spacial score (nSPS) is 12.1. The van der Waals surface area contributed by atoms with Crippen molar-refractivity contribution in [2.75, 3.05) is 11.1 Å². The maximum absolute atomic E-state index is 13.4. The van der Waals surface area contributed by atoms with E-state index in [0.717, 1.165) is 0 Å². The first-order valence-corrected chi connectivity index (χ1v) is 10.2. The largest absolute Gasteiger partial charge is 0.383 e. The van der Waals surface area contributed by atoms with Gasteiger partial charge in [0.25, 0.3) is 5.56 Å². The van der Waals surface area contributed by atoms with Crippen molar-refractivity contribution < 1.29 is 0 Å². The number of nitrogens with two attached hydrogens (primary N) is 1. The van der Waals surface area contributed by atoms with E-state index in [1.165, 1.54) is 6.33 Å². The molecule has 0 aliphatic carbocycles. The van der Waals surface area contributed by atoms with E-state index in [1.54, 1.807) is 22.8 Å². The van der Waals surface area contributed by atoms with Gasteiger partial charge in [-0.1, -0.05) is 35.9 Å². The van der Waals surface area contributed by atoms with Crippen molar-refractivity contribution in [2.45, 2.75) is 13.0 Å². The summed E-state index contributed by atoms with van der Waals surface area (Å²) >= 11 is 8.41. The summed E-state index contributed by atoms with van der Waals surface area (Å²) in [6, 6.07) is 14.2. The molecule has 0 aliphatic heterocycles. The van der Waals surface area contributed by atoms with Gasteiger partial charge in [0.1, 0.15) is 23.8 Å². The molecule has 2 aromatic heterocycles. The molecule has 4 aromatic rings. The zero-order chi connectivity index (χ0) is 20.5. The van der Waals surface area contributed by atoms with E-state index in [-0.39, 0.29) is 11.6 Å². The van der Waals surface area contributed by atoms with Crippen molar-refractivity contribution in [3.63, 3.8) is 0 Å². The van der Waals surface area contributed by atoms with Gasteiger partial charge in [-0.05, 0) is 53.8 Å². The van der Waals surface area contributed by atoms with Gasteiger partial charge in [0.15, 0.2) is 0 Å². The molecular formula is C20H16ClIN6O. The second-order valence-electron chi connectivity index (χ2n) is 6.37. The number of nitrogens with one attached hydrogen (secondary N) is 1. The van der Waals surface area contributed by atoms with Crippen molar-refractivity contribution in [3.8, 4) is 5.69 Å². The van der Waals surface area contributed by atoms with Crippen molar-refractivity contribution in [1.82, 2.24) is 19.5 Å². The lowest BCUT2D eigenvalue weighted by molar-refractivity contribution is 0.730. The second kappa shape index (κ2) is 7.96. The van der Waals surface area contributed by atoms with Gasteiger partial charge in [0, 0.05) is 0 Å². The van der Waals surface area contributed by atoms with E-state index >= 15 is 0 Å². The molecule has 0 fully saturated rings. The van der Waals surface area contributed by atoms with Crippen molar-refractivity contribution >= 4 is 56.7 Å². The Kier molecular flexibility index (Phi) is 5.37. The molecular weight excluding hydrogens is 503 g/mol. The molecule has 0 saturated carbocycles. The van der Waals surface area contributed by atoms with Crippen LogP contribution in [0.2, 0.25) is 5.02 Å². The minimum absolute atomic E-state index is 0.229. The maximum Gasteiger partial charge on any atom is 0.267 e. The lowest BCUT2D eigenvalue weighted by Gasteiger charge is -2.21. The van der Waals surface area contributed by atoms with Gasteiger partial charge < -0.3 is 11.1 Å². The smallest absolute Gasteiger partial charge is 0.267 e. The quantitative estimate of drug-likeness (QED) is 0.393. The molecule has 1 atom stereocenters. The Morgan fingerprint density at radius 2 is 1.90 bits per heavy atom. The summed E-state index contributed by atoms with van der Waals surface area (Å²) in [6.45, 7) is 1.91. The summed E-state index contributed by atoms with van der Waals surface area (Å²) in [5.41, 5.74) is 6.90. The van der Waals surface area contributed by atoms with Gasteiger partial charge in [-0.15, -0.1) is 0 Å². The minimum atomic E-state index is -0.353. The number of aromatic nitrogens is 4. The first-order chi connectivity index (χ1) is 14.0. The van der Waals surface area contributed by atoms with E-state index in [4.69, 9.17) is 22.3 Å².